The standard InChI is InChI=1S/C24H20FN3O2/c1-2-16-7-11-20(12-8-16)27-23(29)21-14-18-4-3-13-26-22(18)28(24(21)30)15-17-5-9-19(25)10-6-17/h3-14H,2,15H2,1H3,(H,27,29). The van der Waals surface area contributed by atoms with E-state index in [1.54, 1.807) is 36.5 Å². The van der Waals surface area contributed by atoms with Gasteiger partial charge < -0.3 is 5.32 Å². The molecule has 0 saturated carbocycles. The molecule has 0 fully saturated rings. The van der Waals surface area contributed by atoms with Crippen LogP contribution in [0.1, 0.15) is 28.4 Å². The van der Waals surface area contributed by atoms with Crippen molar-refractivity contribution in [1.29, 1.82) is 0 Å². The van der Waals surface area contributed by atoms with Crippen LogP contribution in [0.5, 0.6) is 0 Å². The highest BCUT2D eigenvalue weighted by molar-refractivity contribution is 6.05. The van der Waals surface area contributed by atoms with E-state index in [0.29, 0.717) is 16.7 Å². The van der Waals surface area contributed by atoms with Crippen LogP contribution in [0.25, 0.3) is 11.0 Å². The van der Waals surface area contributed by atoms with Crippen molar-refractivity contribution >= 4 is 22.6 Å². The van der Waals surface area contributed by atoms with Crippen LogP contribution in [0.4, 0.5) is 10.1 Å². The molecular formula is C24H20FN3O2. The molecule has 1 N–H and O–H groups in total. The van der Waals surface area contributed by atoms with Crippen LogP contribution < -0.4 is 10.9 Å². The molecule has 0 unspecified atom stereocenters. The third-order valence-corrected chi connectivity index (χ3v) is 4.97. The Morgan fingerprint density at radius 3 is 2.43 bits per heavy atom. The van der Waals surface area contributed by atoms with Crippen LogP contribution in [0.15, 0.2) is 77.7 Å². The smallest absolute Gasteiger partial charge is 0.265 e. The fraction of sp³-hybridized carbons (Fsp3) is 0.125. The maximum absolute atomic E-state index is 13.2. The molecule has 0 aliphatic rings. The van der Waals surface area contributed by atoms with E-state index in [4.69, 9.17) is 0 Å². The lowest BCUT2D eigenvalue weighted by Gasteiger charge is -2.13. The van der Waals surface area contributed by atoms with Gasteiger partial charge in [0.2, 0.25) is 0 Å². The lowest BCUT2D eigenvalue weighted by molar-refractivity contribution is 0.102. The number of pyridine rings is 2. The largest absolute Gasteiger partial charge is 0.322 e. The average molecular weight is 401 g/mol. The first kappa shape index (κ1) is 19.5. The summed E-state index contributed by atoms with van der Waals surface area (Å²) in [4.78, 5) is 30.4. The summed E-state index contributed by atoms with van der Waals surface area (Å²) in [5.74, 6) is -0.834. The molecule has 5 nitrogen and oxygen atoms in total. The first-order valence-corrected chi connectivity index (χ1v) is 9.68. The molecule has 2 aromatic heterocycles. The topological polar surface area (TPSA) is 64.0 Å². The highest BCUT2D eigenvalue weighted by Crippen LogP contribution is 2.15. The van der Waals surface area contributed by atoms with E-state index in [1.807, 2.05) is 24.3 Å². The molecule has 2 aromatic carbocycles. The number of hydrogen-bond acceptors (Lipinski definition) is 3. The molecule has 4 rings (SSSR count). The third kappa shape index (κ3) is 3.98. The quantitative estimate of drug-likeness (QED) is 0.539. The molecule has 0 atom stereocenters. The van der Waals surface area contributed by atoms with E-state index in [9.17, 15) is 14.0 Å². The van der Waals surface area contributed by atoms with Crippen LogP contribution in [0, 0.1) is 5.82 Å². The second-order valence-electron chi connectivity index (χ2n) is 7.00. The molecule has 0 radical (unpaired) electrons. The second kappa shape index (κ2) is 8.29. The minimum atomic E-state index is -0.483. The normalized spacial score (nSPS) is 10.9. The van der Waals surface area contributed by atoms with Crippen molar-refractivity contribution in [1.82, 2.24) is 9.55 Å². The summed E-state index contributed by atoms with van der Waals surface area (Å²) in [7, 11) is 0. The van der Waals surface area contributed by atoms with Gasteiger partial charge in [0.05, 0.1) is 6.54 Å². The summed E-state index contributed by atoms with van der Waals surface area (Å²) in [6.07, 6.45) is 2.50. The minimum absolute atomic E-state index is 0.0252. The molecule has 4 aromatic rings. The summed E-state index contributed by atoms with van der Waals surface area (Å²) in [5, 5.41) is 3.46. The van der Waals surface area contributed by atoms with Crippen molar-refractivity contribution in [2.45, 2.75) is 19.9 Å². The zero-order chi connectivity index (χ0) is 21.1. The molecule has 2 heterocycles. The maximum Gasteiger partial charge on any atom is 0.265 e. The van der Waals surface area contributed by atoms with Gasteiger partial charge in [-0.2, -0.15) is 0 Å². The Morgan fingerprint density at radius 2 is 1.73 bits per heavy atom. The summed E-state index contributed by atoms with van der Waals surface area (Å²) in [5.41, 5.74) is 2.55. The number of carbonyl (C=O) groups excluding carboxylic acids is 1. The number of anilines is 1. The minimum Gasteiger partial charge on any atom is -0.322 e. The summed E-state index contributed by atoms with van der Waals surface area (Å²) in [6, 6.07) is 18.5. The zero-order valence-corrected chi connectivity index (χ0v) is 16.4. The van der Waals surface area contributed by atoms with Crippen LogP contribution in [-0.4, -0.2) is 15.5 Å². The fourth-order valence-corrected chi connectivity index (χ4v) is 3.31. The Kier molecular flexibility index (Phi) is 5.39. The van der Waals surface area contributed by atoms with E-state index in [1.165, 1.54) is 16.7 Å². The van der Waals surface area contributed by atoms with Gasteiger partial charge in [0, 0.05) is 17.3 Å². The Morgan fingerprint density at radius 1 is 1.03 bits per heavy atom. The van der Waals surface area contributed by atoms with Gasteiger partial charge in [0.1, 0.15) is 17.0 Å². The Balaban J connectivity index is 1.74. The number of fused-ring (bicyclic) bond motifs is 1. The molecular weight excluding hydrogens is 381 g/mol. The molecule has 0 saturated heterocycles. The van der Waals surface area contributed by atoms with E-state index in [2.05, 4.69) is 17.2 Å². The number of aromatic nitrogens is 2. The third-order valence-electron chi connectivity index (χ3n) is 4.97. The molecule has 0 aliphatic heterocycles. The first-order chi connectivity index (χ1) is 14.5. The maximum atomic E-state index is 13.2. The van der Waals surface area contributed by atoms with Crippen molar-refractivity contribution in [2.24, 2.45) is 0 Å². The van der Waals surface area contributed by atoms with Gasteiger partial charge in [0.15, 0.2) is 0 Å². The van der Waals surface area contributed by atoms with E-state index >= 15 is 0 Å². The van der Waals surface area contributed by atoms with E-state index in [-0.39, 0.29) is 17.9 Å². The number of aryl methyl sites for hydroxylation is 1. The monoisotopic (exact) mass is 401 g/mol. The van der Waals surface area contributed by atoms with Crippen molar-refractivity contribution in [3.63, 3.8) is 0 Å². The number of benzene rings is 2. The number of hydrogen-bond donors (Lipinski definition) is 1. The summed E-state index contributed by atoms with van der Waals surface area (Å²) >= 11 is 0. The van der Waals surface area contributed by atoms with Crippen LogP contribution >= 0.6 is 0 Å². The molecule has 30 heavy (non-hydrogen) atoms. The molecule has 0 bridgehead atoms. The number of halogens is 1. The van der Waals surface area contributed by atoms with Crippen molar-refractivity contribution < 1.29 is 9.18 Å². The lowest BCUT2D eigenvalue weighted by atomic mass is 10.1. The van der Waals surface area contributed by atoms with E-state index < -0.39 is 11.5 Å². The highest BCUT2D eigenvalue weighted by atomic mass is 19.1. The Labute approximate surface area is 172 Å². The van der Waals surface area contributed by atoms with Gasteiger partial charge >= 0.3 is 0 Å². The molecule has 0 aliphatic carbocycles. The van der Waals surface area contributed by atoms with Crippen LogP contribution in [0.2, 0.25) is 0 Å². The van der Waals surface area contributed by atoms with Crippen molar-refractivity contribution in [3.05, 3.63) is 106 Å². The Bertz CT molecular complexity index is 1260. The molecule has 150 valence electrons. The molecule has 6 heteroatoms. The second-order valence-corrected chi connectivity index (χ2v) is 7.00. The highest BCUT2D eigenvalue weighted by Gasteiger charge is 2.17. The van der Waals surface area contributed by atoms with Gasteiger partial charge in [-0.25, -0.2) is 9.37 Å². The number of carbonyl (C=O) groups is 1. The average Bonchev–Trinajstić information content (AvgIpc) is 2.77. The van der Waals surface area contributed by atoms with Crippen LogP contribution in [-0.2, 0) is 13.0 Å². The number of nitrogens with zero attached hydrogens (tertiary/aromatic N) is 2. The molecule has 0 spiro atoms. The van der Waals surface area contributed by atoms with Gasteiger partial charge in [-0.3, -0.25) is 14.2 Å². The zero-order valence-electron chi connectivity index (χ0n) is 16.4. The summed E-state index contributed by atoms with van der Waals surface area (Å²) in [6.45, 7) is 2.24. The van der Waals surface area contributed by atoms with Gasteiger partial charge in [-0.05, 0) is 60.0 Å². The molecule has 1 amide bonds. The number of amides is 1. The van der Waals surface area contributed by atoms with Gasteiger partial charge in [0.25, 0.3) is 11.5 Å². The van der Waals surface area contributed by atoms with Crippen LogP contribution in [0.3, 0.4) is 0 Å². The van der Waals surface area contributed by atoms with Crippen molar-refractivity contribution in [2.75, 3.05) is 5.32 Å². The van der Waals surface area contributed by atoms with E-state index in [0.717, 1.165) is 17.5 Å². The SMILES string of the molecule is CCc1ccc(NC(=O)c2cc3cccnc3n(Cc3ccc(F)cc3)c2=O)cc1. The fourth-order valence-electron chi connectivity index (χ4n) is 3.31. The van der Waals surface area contributed by atoms with Gasteiger partial charge in [-0.15, -0.1) is 0 Å². The predicted molar refractivity (Wildman–Crippen MR) is 115 cm³/mol. The first-order valence-electron chi connectivity index (χ1n) is 9.68. The summed E-state index contributed by atoms with van der Waals surface area (Å²) < 4.78 is 14.7. The van der Waals surface area contributed by atoms with Crippen molar-refractivity contribution in [3.8, 4) is 0 Å². The lowest BCUT2D eigenvalue weighted by Crippen LogP contribution is -2.30. The predicted octanol–water partition coefficient (Wildman–Crippen LogP) is 4.40. The Hall–Kier alpha value is -3.80. The number of nitrogens with one attached hydrogen (secondary N) is 1. The van der Waals surface area contributed by atoms with Gasteiger partial charge in [-0.1, -0.05) is 31.2 Å². The number of rotatable bonds is 5.